The average Bonchev–Trinajstić information content (AvgIpc) is 3.54. The number of aldehydes is 1. The fraction of sp³-hybridized carbons (Fsp3) is 0.593. The zero-order chi connectivity index (χ0) is 25.9. The van der Waals surface area contributed by atoms with E-state index in [1.807, 2.05) is 32.4 Å². The maximum atomic E-state index is 13.1. The van der Waals surface area contributed by atoms with E-state index in [1.165, 1.54) is 0 Å². The van der Waals surface area contributed by atoms with Gasteiger partial charge in [0, 0.05) is 18.7 Å². The van der Waals surface area contributed by atoms with Crippen molar-refractivity contribution in [3.05, 3.63) is 47.7 Å². The number of aryl methyl sites for hydroxylation is 1. The van der Waals surface area contributed by atoms with Gasteiger partial charge in [-0.3, -0.25) is 9.48 Å². The first-order valence-corrected chi connectivity index (χ1v) is 13.3. The van der Waals surface area contributed by atoms with Crippen LogP contribution in [0.25, 0.3) is 5.65 Å². The summed E-state index contributed by atoms with van der Waals surface area (Å²) < 4.78 is 3.45. The molecule has 3 atom stereocenters. The number of hydrogen-bond acceptors (Lipinski definition) is 6. The minimum absolute atomic E-state index is 0.0342. The summed E-state index contributed by atoms with van der Waals surface area (Å²) in [5.41, 5.74) is 3.06. The zero-order valence-electron chi connectivity index (χ0n) is 22.1. The smallest absolute Gasteiger partial charge is 0.270 e. The van der Waals surface area contributed by atoms with Gasteiger partial charge in [-0.05, 0) is 69.8 Å². The summed E-state index contributed by atoms with van der Waals surface area (Å²) in [4.78, 5) is 29.5. The highest BCUT2D eigenvalue weighted by atomic mass is 16.2. The molecular weight excluding hydrogens is 454 g/mol. The highest BCUT2D eigenvalue weighted by Crippen LogP contribution is 2.23. The first-order valence-electron chi connectivity index (χ1n) is 13.3. The molecule has 0 radical (unpaired) electrons. The van der Waals surface area contributed by atoms with Gasteiger partial charge in [0.1, 0.15) is 12.0 Å². The summed E-state index contributed by atoms with van der Waals surface area (Å²) in [6.07, 6.45) is 12.9. The molecule has 196 valence electrons. The number of hydrogen-bond donors (Lipinski definition) is 2. The van der Waals surface area contributed by atoms with Crippen molar-refractivity contribution in [3.63, 3.8) is 0 Å². The number of amides is 1. The lowest BCUT2D eigenvalue weighted by molar-refractivity contribution is -0.111. The molecule has 1 amide bonds. The normalized spacial score (nSPS) is 14.0. The van der Waals surface area contributed by atoms with Crippen LogP contribution in [0.1, 0.15) is 87.1 Å². The van der Waals surface area contributed by atoms with Gasteiger partial charge in [0.05, 0.1) is 24.1 Å². The van der Waals surface area contributed by atoms with Gasteiger partial charge in [-0.2, -0.15) is 10.2 Å². The lowest BCUT2D eigenvalue weighted by Gasteiger charge is -2.18. The Bertz CT molecular complexity index is 1110. The van der Waals surface area contributed by atoms with Crippen LogP contribution in [0.3, 0.4) is 0 Å². The van der Waals surface area contributed by atoms with Crippen molar-refractivity contribution in [2.24, 2.45) is 11.8 Å². The summed E-state index contributed by atoms with van der Waals surface area (Å²) in [7, 11) is 1.92. The number of rotatable bonds is 16. The standard InChI is InChI=1S/C27H41N7O2/c1-5-20(3)9-7-11-23(32-27(36)25-12-14-29-33(25)6-2)24-18-34-26(31-24)16-22(17-30-34)15-21(19-35)10-8-13-28-4/h12,14,16-21,23,28H,5-11,13,15H2,1-4H3,(H,32,36). The molecule has 0 saturated carbocycles. The Labute approximate surface area is 214 Å². The van der Waals surface area contributed by atoms with Gasteiger partial charge in [-0.25, -0.2) is 9.50 Å². The molecule has 0 spiro atoms. The molecule has 0 aliphatic rings. The van der Waals surface area contributed by atoms with E-state index in [0.29, 0.717) is 24.6 Å². The lowest BCUT2D eigenvalue weighted by Crippen LogP contribution is -2.30. The predicted molar refractivity (Wildman–Crippen MR) is 141 cm³/mol. The third-order valence-electron chi connectivity index (χ3n) is 6.89. The average molecular weight is 496 g/mol. The molecule has 3 aromatic heterocycles. The Morgan fingerprint density at radius 3 is 2.72 bits per heavy atom. The van der Waals surface area contributed by atoms with E-state index in [4.69, 9.17) is 4.98 Å². The molecular formula is C27H41N7O2. The third kappa shape index (κ3) is 7.46. The van der Waals surface area contributed by atoms with Gasteiger partial charge in [-0.1, -0.05) is 33.1 Å². The van der Waals surface area contributed by atoms with Crippen LogP contribution in [0.4, 0.5) is 0 Å². The van der Waals surface area contributed by atoms with Crippen LogP contribution in [0, 0.1) is 11.8 Å². The minimum Gasteiger partial charge on any atom is -0.342 e. The second kappa shape index (κ2) is 13.9. The Kier molecular flexibility index (Phi) is 10.6. The highest BCUT2D eigenvalue weighted by molar-refractivity contribution is 5.92. The summed E-state index contributed by atoms with van der Waals surface area (Å²) >= 11 is 0. The molecule has 0 saturated heterocycles. The molecule has 0 aliphatic heterocycles. The molecule has 3 heterocycles. The van der Waals surface area contributed by atoms with Crippen LogP contribution >= 0.6 is 0 Å². The van der Waals surface area contributed by atoms with Crippen molar-refractivity contribution in [1.82, 2.24) is 35.0 Å². The van der Waals surface area contributed by atoms with Gasteiger partial charge >= 0.3 is 0 Å². The highest BCUT2D eigenvalue weighted by Gasteiger charge is 2.21. The number of aromatic nitrogens is 5. The van der Waals surface area contributed by atoms with Crippen molar-refractivity contribution in [3.8, 4) is 0 Å². The van der Waals surface area contributed by atoms with E-state index in [0.717, 1.165) is 68.3 Å². The summed E-state index contributed by atoms with van der Waals surface area (Å²) in [6.45, 7) is 7.96. The van der Waals surface area contributed by atoms with Crippen molar-refractivity contribution in [2.75, 3.05) is 13.6 Å². The predicted octanol–water partition coefficient (Wildman–Crippen LogP) is 3.99. The molecule has 2 N–H and O–H groups in total. The maximum Gasteiger partial charge on any atom is 0.270 e. The van der Waals surface area contributed by atoms with E-state index >= 15 is 0 Å². The van der Waals surface area contributed by atoms with Gasteiger partial charge in [0.25, 0.3) is 5.91 Å². The minimum atomic E-state index is -0.226. The summed E-state index contributed by atoms with van der Waals surface area (Å²) in [6, 6.07) is 3.51. The maximum absolute atomic E-state index is 13.1. The Morgan fingerprint density at radius 2 is 2.00 bits per heavy atom. The molecule has 0 fully saturated rings. The number of nitrogens with one attached hydrogen (secondary N) is 2. The first-order chi connectivity index (χ1) is 17.5. The van der Waals surface area contributed by atoms with Crippen molar-refractivity contribution in [1.29, 1.82) is 0 Å². The van der Waals surface area contributed by atoms with Gasteiger partial charge in [0.2, 0.25) is 0 Å². The van der Waals surface area contributed by atoms with Gasteiger partial charge in [0.15, 0.2) is 5.65 Å². The topological polar surface area (TPSA) is 106 Å². The second-order valence-corrected chi connectivity index (χ2v) is 9.68. The van der Waals surface area contributed by atoms with E-state index in [2.05, 4.69) is 34.7 Å². The lowest BCUT2D eigenvalue weighted by atomic mass is 9.97. The van der Waals surface area contributed by atoms with Gasteiger partial charge < -0.3 is 15.4 Å². The van der Waals surface area contributed by atoms with Crippen LogP contribution in [0.2, 0.25) is 0 Å². The third-order valence-corrected chi connectivity index (χ3v) is 6.89. The van der Waals surface area contributed by atoms with Crippen LogP contribution < -0.4 is 10.6 Å². The van der Waals surface area contributed by atoms with E-state index in [9.17, 15) is 9.59 Å². The molecule has 3 aromatic rings. The Hall–Kier alpha value is -3.07. The largest absolute Gasteiger partial charge is 0.342 e. The quantitative estimate of drug-likeness (QED) is 0.230. The zero-order valence-corrected chi connectivity index (χ0v) is 22.1. The SMILES string of the molecule is CCC(C)CCCC(NC(=O)c1ccnn1CC)c1cn2ncc(CC(C=O)CCCNC)cc2n1. The van der Waals surface area contributed by atoms with Crippen LogP contribution in [0.5, 0.6) is 0 Å². The van der Waals surface area contributed by atoms with E-state index < -0.39 is 0 Å². The van der Waals surface area contributed by atoms with Gasteiger partial charge in [-0.15, -0.1) is 0 Å². The fourth-order valence-electron chi connectivity index (χ4n) is 4.45. The summed E-state index contributed by atoms with van der Waals surface area (Å²) in [5, 5.41) is 15.1. The first kappa shape index (κ1) is 27.5. The number of carbonyl (C=O) groups is 2. The molecule has 0 aromatic carbocycles. The van der Waals surface area contributed by atoms with Crippen molar-refractivity contribution >= 4 is 17.8 Å². The van der Waals surface area contributed by atoms with Crippen LogP contribution in [0.15, 0.2) is 30.7 Å². The number of carbonyl (C=O) groups excluding carboxylic acids is 2. The molecule has 9 heteroatoms. The molecule has 36 heavy (non-hydrogen) atoms. The molecule has 0 aliphatic carbocycles. The molecule has 0 bridgehead atoms. The molecule has 3 rings (SSSR count). The van der Waals surface area contributed by atoms with Crippen LogP contribution in [-0.2, 0) is 17.8 Å². The fourth-order valence-corrected chi connectivity index (χ4v) is 4.45. The molecule has 9 nitrogen and oxygen atoms in total. The molecule has 3 unspecified atom stereocenters. The van der Waals surface area contributed by atoms with Crippen molar-refractivity contribution in [2.45, 2.75) is 78.3 Å². The van der Waals surface area contributed by atoms with E-state index in [1.54, 1.807) is 21.5 Å². The van der Waals surface area contributed by atoms with Crippen molar-refractivity contribution < 1.29 is 9.59 Å². The van der Waals surface area contributed by atoms with Crippen LogP contribution in [-0.4, -0.2) is 50.2 Å². The number of nitrogens with zero attached hydrogens (tertiary/aromatic N) is 5. The summed E-state index contributed by atoms with van der Waals surface area (Å²) in [5.74, 6) is 0.462. The Morgan fingerprint density at radius 1 is 1.17 bits per heavy atom. The second-order valence-electron chi connectivity index (χ2n) is 9.68. The number of fused-ring (bicyclic) bond motifs is 1. The monoisotopic (exact) mass is 495 g/mol. The van der Waals surface area contributed by atoms with E-state index in [-0.39, 0.29) is 17.9 Å². The Balaban J connectivity index is 1.78. The number of imidazole rings is 1.